The molecule has 4 aliphatic rings. The Bertz CT molecular complexity index is 950. The number of nitrogens with one attached hydrogen (secondary N) is 1. The SMILES string of the molecule is CC(C)(C)OC(=O)N1CC2CCC(C1)C2NC(=O)[C@@H]1CC[C@@H]2CN1C(=O)N2OCc1ccccc1. The highest BCUT2D eigenvalue weighted by atomic mass is 16.7. The monoisotopic (exact) mass is 484 g/mol. The van der Waals surface area contributed by atoms with Crippen LogP contribution in [0.1, 0.15) is 52.0 Å². The molecule has 2 unspecified atom stereocenters. The first-order chi connectivity index (χ1) is 16.7. The normalized spacial score (nSPS) is 30.0. The summed E-state index contributed by atoms with van der Waals surface area (Å²) >= 11 is 0. The third-order valence-electron chi connectivity index (χ3n) is 7.63. The van der Waals surface area contributed by atoms with Crippen LogP contribution in [0.5, 0.6) is 0 Å². The van der Waals surface area contributed by atoms with Gasteiger partial charge in [0.25, 0.3) is 0 Å². The van der Waals surface area contributed by atoms with E-state index >= 15 is 0 Å². The van der Waals surface area contributed by atoms with E-state index in [0.29, 0.717) is 32.7 Å². The molecule has 1 saturated carbocycles. The molecule has 0 spiro atoms. The van der Waals surface area contributed by atoms with Crippen LogP contribution in [-0.2, 0) is 21.0 Å². The maximum atomic E-state index is 13.3. The topological polar surface area (TPSA) is 91.4 Å². The molecule has 35 heavy (non-hydrogen) atoms. The number of hydrogen-bond donors (Lipinski definition) is 1. The first-order valence-corrected chi connectivity index (χ1v) is 12.7. The lowest BCUT2D eigenvalue weighted by Gasteiger charge is -2.40. The third-order valence-corrected chi connectivity index (χ3v) is 7.63. The Labute approximate surface area is 206 Å². The third kappa shape index (κ3) is 4.96. The molecule has 3 saturated heterocycles. The fraction of sp³-hybridized carbons (Fsp3) is 0.654. The van der Waals surface area contributed by atoms with Gasteiger partial charge in [-0.05, 0) is 63.9 Å². The minimum Gasteiger partial charge on any atom is -0.444 e. The van der Waals surface area contributed by atoms with Crippen molar-refractivity contribution in [3.63, 3.8) is 0 Å². The second-order valence-corrected chi connectivity index (χ2v) is 11.3. The fourth-order valence-electron chi connectivity index (χ4n) is 5.98. The summed E-state index contributed by atoms with van der Waals surface area (Å²) in [5.41, 5.74) is 0.473. The molecular weight excluding hydrogens is 448 g/mol. The van der Waals surface area contributed by atoms with Crippen LogP contribution in [0.3, 0.4) is 0 Å². The molecule has 4 bridgehead atoms. The highest BCUT2D eigenvalue weighted by molar-refractivity contribution is 5.88. The Morgan fingerprint density at radius 3 is 2.34 bits per heavy atom. The lowest BCUT2D eigenvalue weighted by molar-refractivity contribution is -0.140. The molecule has 190 valence electrons. The van der Waals surface area contributed by atoms with Gasteiger partial charge in [-0.2, -0.15) is 5.06 Å². The van der Waals surface area contributed by atoms with Crippen molar-refractivity contribution in [2.45, 2.75) is 76.8 Å². The molecule has 4 atom stereocenters. The summed E-state index contributed by atoms with van der Waals surface area (Å²) in [5, 5.41) is 4.73. The molecule has 4 fully saturated rings. The Hall–Kier alpha value is -2.81. The second-order valence-electron chi connectivity index (χ2n) is 11.3. The number of piperidine rings is 2. The van der Waals surface area contributed by atoms with Crippen LogP contribution in [0.25, 0.3) is 0 Å². The van der Waals surface area contributed by atoms with Crippen LogP contribution in [-0.4, -0.2) is 76.3 Å². The zero-order valence-electron chi connectivity index (χ0n) is 20.8. The predicted octanol–water partition coefficient (Wildman–Crippen LogP) is 3.15. The summed E-state index contributed by atoms with van der Waals surface area (Å²) in [5.74, 6) is 0.331. The molecule has 1 aromatic rings. The van der Waals surface area contributed by atoms with Crippen molar-refractivity contribution in [2.24, 2.45) is 11.8 Å². The van der Waals surface area contributed by atoms with Gasteiger partial charge in [-0.25, -0.2) is 9.59 Å². The molecule has 1 N–H and O–H groups in total. The van der Waals surface area contributed by atoms with Gasteiger partial charge >= 0.3 is 12.1 Å². The van der Waals surface area contributed by atoms with Gasteiger partial charge in [0.2, 0.25) is 5.91 Å². The number of carbonyl (C=O) groups is 3. The van der Waals surface area contributed by atoms with Gasteiger partial charge in [0.1, 0.15) is 18.2 Å². The molecule has 3 aliphatic heterocycles. The molecule has 0 radical (unpaired) electrons. The summed E-state index contributed by atoms with van der Waals surface area (Å²) in [4.78, 5) is 48.3. The van der Waals surface area contributed by atoms with Crippen molar-refractivity contribution in [3.8, 4) is 0 Å². The molecule has 4 amide bonds. The van der Waals surface area contributed by atoms with Crippen molar-refractivity contribution in [2.75, 3.05) is 19.6 Å². The number of hydroxylamine groups is 2. The minimum absolute atomic E-state index is 0.0245. The quantitative estimate of drug-likeness (QED) is 0.693. The average Bonchev–Trinajstić information content (AvgIpc) is 3.17. The van der Waals surface area contributed by atoms with E-state index in [2.05, 4.69) is 5.32 Å². The van der Waals surface area contributed by atoms with Gasteiger partial charge in [-0.3, -0.25) is 9.63 Å². The van der Waals surface area contributed by atoms with Gasteiger partial charge in [-0.15, -0.1) is 0 Å². The van der Waals surface area contributed by atoms with Crippen LogP contribution in [0.2, 0.25) is 0 Å². The number of likely N-dealkylation sites (tertiary alicyclic amines) is 1. The lowest BCUT2D eigenvalue weighted by Crippen LogP contribution is -2.58. The Balaban J connectivity index is 1.17. The number of nitrogens with zero attached hydrogens (tertiary/aromatic N) is 3. The van der Waals surface area contributed by atoms with E-state index in [1.807, 2.05) is 51.1 Å². The number of amides is 4. The number of hydrogen-bond acceptors (Lipinski definition) is 5. The zero-order valence-corrected chi connectivity index (χ0v) is 20.8. The summed E-state index contributed by atoms with van der Waals surface area (Å²) in [6.07, 6.45) is 3.03. The van der Waals surface area contributed by atoms with Crippen molar-refractivity contribution in [3.05, 3.63) is 35.9 Å². The standard InChI is InChI=1S/C26H36N4O5/c1-26(2,3)35-25(33)28-13-18-9-10-19(14-28)22(18)27-23(31)21-12-11-20-15-29(21)24(32)30(20)34-16-17-7-5-4-6-8-17/h4-8,18-22H,9-16H2,1-3H3,(H,27,31)/t18?,19?,20-,21+,22?/m1/s1. The highest BCUT2D eigenvalue weighted by Gasteiger charge is 2.50. The number of benzene rings is 1. The van der Waals surface area contributed by atoms with E-state index in [1.54, 1.807) is 9.80 Å². The largest absolute Gasteiger partial charge is 0.444 e. The van der Waals surface area contributed by atoms with Gasteiger partial charge in [0, 0.05) is 25.7 Å². The van der Waals surface area contributed by atoms with Crippen molar-refractivity contribution in [1.82, 2.24) is 20.2 Å². The number of fused-ring (bicyclic) bond motifs is 4. The summed E-state index contributed by atoms with van der Waals surface area (Å²) in [7, 11) is 0. The molecule has 1 aliphatic carbocycles. The average molecular weight is 485 g/mol. The zero-order chi connectivity index (χ0) is 24.7. The summed E-state index contributed by atoms with van der Waals surface area (Å²) < 4.78 is 5.56. The van der Waals surface area contributed by atoms with E-state index in [9.17, 15) is 14.4 Å². The highest BCUT2D eigenvalue weighted by Crippen LogP contribution is 2.38. The Morgan fingerprint density at radius 1 is 1.00 bits per heavy atom. The molecule has 3 heterocycles. The van der Waals surface area contributed by atoms with E-state index in [1.165, 1.54) is 5.06 Å². The summed E-state index contributed by atoms with van der Waals surface area (Å²) in [6, 6.07) is 9.05. The number of rotatable bonds is 5. The van der Waals surface area contributed by atoms with Crippen LogP contribution in [0.15, 0.2) is 30.3 Å². The number of carbonyl (C=O) groups excluding carboxylic acids is 3. The van der Waals surface area contributed by atoms with Gasteiger partial charge < -0.3 is 19.9 Å². The smallest absolute Gasteiger partial charge is 0.410 e. The van der Waals surface area contributed by atoms with E-state index in [0.717, 1.165) is 24.8 Å². The molecule has 1 aromatic carbocycles. The first kappa shape index (κ1) is 23.9. The molecule has 9 nitrogen and oxygen atoms in total. The number of urea groups is 1. The maximum absolute atomic E-state index is 13.3. The van der Waals surface area contributed by atoms with Crippen LogP contribution in [0.4, 0.5) is 9.59 Å². The predicted molar refractivity (Wildman–Crippen MR) is 128 cm³/mol. The van der Waals surface area contributed by atoms with Crippen molar-refractivity contribution >= 4 is 18.0 Å². The van der Waals surface area contributed by atoms with Gasteiger partial charge in [0.15, 0.2) is 0 Å². The van der Waals surface area contributed by atoms with Crippen molar-refractivity contribution < 1.29 is 24.0 Å². The lowest BCUT2D eigenvalue weighted by atomic mass is 9.91. The van der Waals surface area contributed by atoms with E-state index < -0.39 is 11.6 Å². The van der Waals surface area contributed by atoms with Crippen molar-refractivity contribution in [1.29, 1.82) is 0 Å². The molecule has 0 aromatic heterocycles. The van der Waals surface area contributed by atoms with Crippen LogP contribution < -0.4 is 5.32 Å². The fourth-order valence-corrected chi connectivity index (χ4v) is 5.98. The van der Waals surface area contributed by atoms with E-state index in [4.69, 9.17) is 9.57 Å². The Morgan fingerprint density at radius 2 is 1.69 bits per heavy atom. The maximum Gasteiger partial charge on any atom is 0.410 e. The first-order valence-electron chi connectivity index (χ1n) is 12.7. The molecular formula is C26H36N4O5. The van der Waals surface area contributed by atoms with Crippen LogP contribution in [0, 0.1) is 11.8 Å². The Kier molecular flexibility index (Phi) is 6.38. The van der Waals surface area contributed by atoms with Crippen LogP contribution >= 0.6 is 0 Å². The summed E-state index contributed by atoms with van der Waals surface area (Å²) in [6.45, 7) is 7.63. The second kappa shape index (κ2) is 9.33. The number of ether oxygens (including phenoxy) is 1. The van der Waals surface area contributed by atoms with Gasteiger partial charge in [0.05, 0.1) is 6.04 Å². The molecule has 5 rings (SSSR count). The van der Waals surface area contributed by atoms with E-state index in [-0.39, 0.29) is 42.0 Å². The van der Waals surface area contributed by atoms with Gasteiger partial charge in [-0.1, -0.05) is 30.3 Å². The minimum atomic E-state index is -0.527. The molecule has 9 heteroatoms.